The summed E-state index contributed by atoms with van der Waals surface area (Å²) in [6, 6.07) is 16.5. The molecule has 0 bridgehead atoms. The van der Waals surface area contributed by atoms with Gasteiger partial charge in [-0.1, -0.05) is 68.8 Å². The van der Waals surface area contributed by atoms with E-state index < -0.39 is 0 Å². The van der Waals surface area contributed by atoms with Gasteiger partial charge in [-0.05, 0) is 37.5 Å². The van der Waals surface area contributed by atoms with Crippen LogP contribution in [0.25, 0.3) is 5.69 Å². The first-order valence-corrected chi connectivity index (χ1v) is 14.1. The quantitative estimate of drug-likeness (QED) is 0.407. The molecule has 0 fully saturated rings. The van der Waals surface area contributed by atoms with E-state index in [9.17, 15) is 9.59 Å². The van der Waals surface area contributed by atoms with Crippen molar-refractivity contribution in [3.63, 3.8) is 0 Å². The van der Waals surface area contributed by atoms with Crippen molar-refractivity contribution in [2.45, 2.75) is 51.7 Å². The number of aromatic nitrogens is 2. The Hall–Kier alpha value is -3.10. The van der Waals surface area contributed by atoms with E-state index in [0.29, 0.717) is 25.4 Å². The number of nitrogens with zero attached hydrogens (tertiary/aromatic N) is 3. The number of carbonyl (C=O) groups excluding carboxylic acids is 2. The van der Waals surface area contributed by atoms with Crippen LogP contribution in [0, 0.1) is 13.8 Å². The molecule has 0 saturated carbocycles. The molecule has 202 valence electrons. The van der Waals surface area contributed by atoms with Crippen molar-refractivity contribution in [2.75, 3.05) is 37.5 Å². The van der Waals surface area contributed by atoms with Gasteiger partial charge in [0, 0.05) is 31.2 Å². The third-order valence-electron chi connectivity index (χ3n) is 6.64. The van der Waals surface area contributed by atoms with Gasteiger partial charge in [-0.3, -0.25) is 14.5 Å². The van der Waals surface area contributed by atoms with Crippen LogP contribution in [0.3, 0.4) is 0 Å². The number of ether oxygens (including phenoxy) is 1. The van der Waals surface area contributed by atoms with Gasteiger partial charge in [0.2, 0.25) is 11.8 Å². The van der Waals surface area contributed by atoms with Crippen LogP contribution in [0.1, 0.15) is 60.4 Å². The molecule has 0 saturated heterocycles. The minimum atomic E-state index is -0.290. The van der Waals surface area contributed by atoms with Crippen LogP contribution in [0.2, 0.25) is 0 Å². The number of hydrogen-bond donors (Lipinski definition) is 1. The lowest BCUT2D eigenvalue weighted by atomic mass is 9.87. The second kappa shape index (κ2) is 11.7. The number of carbonyl (C=O) groups is 2. The Morgan fingerprint density at radius 3 is 2.61 bits per heavy atom. The highest BCUT2D eigenvalue weighted by atomic mass is 32.2. The molecule has 0 radical (unpaired) electrons. The Bertz CT molecular complexity index is 1310. The molecule has 1 atom stereocenters. The molecule has 2 aromatic carbocycles. The lowest BCUT2D eigenvalue weighted by Gasteiger charge is -2.25. The molecule has 1 aliphatic heterocycles. The molecule has 1 aromatic heterocycles. The Kier molecular flexibility index (Phi) is 8.63. The topological polar surface area (TPSA) is 76.5 Å². The SMILES string of the molecule is COCCCNC(=O)CN1C(=O)CS[C@H](c2cccc(C)c2)c2c(C(C)(C)C)nn(-c3ccccc3C)c21. The van der Waals surface area contributed by atoms with Crippen LogP contribution in [0.4, 0.5) is 5.82 Å². The van der Waals surface area contributed by atoms with Gasteiger partial charge in [0.05, 0.1) is 22.4 Å². The maximum atomic E-state index is 13.7. The number of anilines is 1. The monoisotopic (exact) mass is 534 g/mol. The third-order valence-corrected chi connectivity index (χ3v) is 7.89. The fourth-order valence-electron chi connectivity index (χ4n) is 4.78. The van der Waals surface area contributed by atoms with Gasteiger partial charge >= 0.3 is 0 Å². The second-order valence-corrected chi connectivity index (χ2v) is 11.9. The van der Waals surface area contributed by atoms with E-state index >= 15 is 0 Å². The molecule has 0 aliphatic carbocycles. The Labute approximate surface area is 229 Å². The van der Waals surface area contributed by atoms with E-state index in [1.165, 1.54) is 0 Å². The number of fused-ring (bicyclic) bond motifs is 1. The van der Waals surface area contributed by atoms with Gasteiger partial charge in [0.1, 0.15) is 12.4 Å². The van der Waals surface area contributed by atoms with Crippen molar-refractivity contribution in [3.05, 3.63) is 76.5 Å². The first-order chi connectivity index (χ1) is 18.1. The summed E-state index contributed by atoms with van der Waals surface area (Å²) in [6.07, 6.45) is 0.710. The van der Waals surface area contributed by atoms with Crippen LogP contribution < -0.4 is 10.2 Å². The van der Waals surface area contributed by atoms with E-state index in [0.717, 1.165) is 33.6 Å². The molecular formula is C30H38N4O3S. The first-order valence-electron chi connectivity index (χ1n) is 13.1. The molecule has 4 rings (SSSR count). The maximum Gasteiger partial charge on any atom is 0.240 e. The number of amides is 2. The lowest BCUT2D eigenvalue weighted by molar-refractivity contribution is -0.122. The minimum absolute atomic E-state index is 0.0684. The summed E-state index contributed by atoms with van der Waals surface area (Å²) in [6.45, 7) is 11.6. The molecule has 0 spiro atoms. The number of rotatable bonds is 8. The summed E-state index contributed by atoms with van der Waals surface area (Å²) in [7, 11) is 1.64. The predicted molar refractivity (Wildman–Crippen MR) is 154 cm³/mol. The molecule has 0 unspecified atom stereocenters. The smallest absolute Gasteiger partial charge is 0.240 e. The molecule has 3 aromatic rings. The fourth-order valence-corrected chi connectivity index (χ4v) is 5.97. The number of methoxy groups -OCH3 is 1. The molecular weight excluding hydrogens is 496 g/mol. The highest BCUT2D eigenvalue weighted by Gasteiger charge is 2.40. The van der Waals surface area contributed by atoms with Crippen LogP contribution in [-0.4, -0.2) is 54.2 Å². The largest absolute Gasteiger partial charge is 0.385 e. The summed E-state index contributed by atoms with van der Waals surface area (Å²) < 4.78 is 6.98. The highest BCUT2D eigenvalue weighted by molar-refractivity contribution is 8.00. The Morgan fingerprint density at radius 2 is 1.92 bits per heavy atom. The van der Waals surface area contributed by atoms with Crippen molar-refractivity contribution >= 4 is 29.4 Å². The molecule has 1 aliphatic rings. The average molecular weight is 535 g/mol. The summed E-state index contributed by atoms with van der Waals surface area (Å²) in [5, 5.41) is 8.02. The summed E-state index contributed by atoms with van der Waals surface area (Å²) in [4.78, 5) is 28.4. The fraction of sp³-hybridized carbons (Fsp3) is 0.433. The second-order valence-electron chi connectivity index (χ2n) is 10.8. The summed E-state index contributed by atoms with van der Waals surface area (Å²) >= 11 is 1.60. The van der Waals surface area contributed by atoms with Crippen molar-refractivity contribution in [3.8, 4) is 5.69 Å². The zero-order valence-electron chi connectivity index (χ0n) is 23.2. The zero-order chi connectivity index (χ0) is 27.4. The maximum absolute atomic E-state index is 13.7. The first kappa shape index (κ1) is 27.9. The summed E-state index contributed by atoms with van der Waals surface area (Å²) in [5.74, 6) is 0.641. The van der Waals surface area contributed by atoms with E-state index in [1.54, 1.807) is 23.8 Å². The van der Waals surface area contributed by atoms with Gasteiger partial charge in [0.15, 0.2) is 0 Å². The van der Waals surface area contributed by atoms with Crippen molar-refractivity contribution < 1.29 is 14.3 Å². The van der Waals surface area contributed by atoms with Crippen LogP contribution in [-0.2, 0) is 19.7 Å². The number of para-hydroxylation sites is 1. The minimum Gasteiger partial charge on any atom is -0.385 e. The lowest BCUT2D eigenvalue weighted by Crippen LogP contribution is -2.42. The highest BCUT2D eigenvalue weighted by Crippen LogP contribution is 2.48. The van der Waals surface area contributed by atoms with Crippen molar-refractivity contribution in [1.29, 1.82) is 0 Å². The van der Waals surface area contributed by atoms with Gasteiger partial charge in [0.25, 0.3) is 0 Å². The van der Waals surface area contributed by atoms with Crippen molar-refractivity contribution in [2.24, 2.45) is 0 Å². The molecule has 1 N–H and O–H groups in total. The van der Waals surface area contributed by atoms with Gasteiger partial charge in [-0.2, -0.15) is 5.10 Å². The molecule has 8 heteroatoms. The average Bonchev–Trinajstić information content (AvgIpc) is 3.20. The Balaban J connectivity index is 1.92. The van der Waals surface area contributed by atoms with E-state index in [4.69, 9.17) is 9.84 Å². The standard InChI is InChI=1S/C30H38N4O3S/c1-20-11-9-13-22(17-20)27-26-28(30(3,4)5)32-34(23-14-8-7-12-21(23)2)29(26)33(25(36)19-38-27)18-24(35)31-15-10-16-37-6/h7-9,11-14,17,27H,10,15-16,18-19H2,1-6H3,(H,31,35)/t27-/m1/s1. The number of hydrogen-bond acceptors (Lipinski definition) is 5. The Morgan fingerprint density at radius 1 is 1.16 bits per heavy atom. The molecule has 2 heterocycles. The van der Waals surface area contributed by atoms with Crippen LogP contribution >= 0.6 is 11.8 Å². The van der Waals surface area contributed by atoms with E-state index in [2.05, 4.69) is 57.3 Å². The normalized spacial score (nSPS) is 15.8. The van der Waals surface area contributed by atoms with E-state index in [1.807, 2.05) is 35.9 Å². The van der Waals surface area contributed by atoms with Crippen molar-refractivity contribution in [1.82, 2.24) is 15.1 Å². The van der Waals surface area contributed by atoms with Crippen LogP contribution in [0.5, 0.6) is 0 Å². The van der Waals surface area contributed by atoms with E-state index in [-0.39, 0.29) is 34.8 Å². The van der Waals surface area contributed by atoms with Gasteiger partial charge in [-0.15, -0.1) is 11.8 Å². The number of aryl methyl sites for hydroxylation is 2. The summed E-state index contributed by atoms with van der Waals surface area (Å²) in [5.41, 5.74) is 5.86. The predicted octanol–water partition coefficient (Wildman–Crippen LogP) is 5.11. The molecule has 7 nitrogen and oxygen atoms in total. The number of thioether (sulfide) groups is 1. The van der Waals surface area contributed by atoms with Gasteiger partial charge < -0.3 is 10.1 Å². The van der Waals surface area contributed by atoms with Crippen LogP contribution in [0.15, 0.2) is 48.5 Å². The molecule has 38 heavy (non-hydrogen) atoms. The third kappa shape index (κ3) is 5.97. The zero-order valence-corrected chi connectivity index (χ0v) is 24.0. The molecule has 2 amide bonds. The number of benzene rings is 2. The van der Waals surface area contributed by atoms with Gasteiger partial charge in [-0.25, -0.2) is 4.68 Å². The number of nitrogens with one attached hydrogen (secondary N) is 1.